The minimum atomic E-state index is -3.58. The van der Waals surface area contributed by atoms with Crippen molar-refractivity contribution in [1.82, 2.24) is 4.72 Å². The van der Waals surface area contributed by atoms with Crippen molar-refractivity contribution in [3.63, 3.8) is 0 Å². The predicted octanol–water partition coefficient (Wildman–Crippen LogP) is 3.40. The molecule has 1 aromatic carbocycles. The third-order valence-corrected chi connectivity index (χ3v) is 6.85. The topological polar surface area (TPSA) is 72.2 Å². The molecule has 0 bridgehead atoms. The third-order valence-electron chi connectivity index (χ3n) is 3.10. The van der Waals surface area contributed by atoms with Crippen molar-refractivity contribution < 1.29 is 8.42 Å². The van der Waals surface area contributed by atoms with Crippen LogP contribution in [0, 0.1) is 0 Å². The lowest BCUT2D eigenvalue weighted by Crippen LogP contribution is -2.28. The number of nitrogens with one attached hydrogen (secondary N) is 1. The van der Waals surface area contributed by atoms with Gasteiger partial charge in [0.15, 0.2) is 0 Å². The van der Waals surface area contributed by atoms with E-state index in [1.165, 1.54) is 11.3 Å². The van der Waals surface area contributed by atoms with Gasteiger partial charge in [0.2, 0.25) is 10.0 Å². The normalized spacial score (nSPS) is 13.3. The van der Waals surface area contributed by atoms with Crippen LogP contribution in [0.25, 0.3) is 0 Å². The maximum absolute atomic E-state index is 12.5. The van der Waals surface area contributed by atoms with Crippen LogP contribution in [0.3, 0.4) is 0 Å². The van der Waals surface area contributed by atoms with E-state index in [9.17, 15) is 8.42 Å². The smallest absolute Gasteiger partial charge is 0.243 e. The van der Waals surface area contributed by atoms with E-state index < -0.39 is 10.0 Å². The van der Waals surface area contributed by atoms with E-state index in [1.54, 1.807) is 6.07 Å². The number of thiophene rings is 1. The summed E-state index contributed by atoms with van der Waals surface area (Å²) in [6, 6.07) is 10.9. The van der Waals surface area contributed by atoms with Crippen LogP contribution in [0.15, 0.2) is 45.1 Å². The molecular formula is C14H17BrN2O2S2. The Balaban J connectivity index is 2.29. The highest BCUT2D eigenvalue weighted by Gasteiger charge is 2.24. The number of benzene rings is 1. The minimum absolute atomic E-state index is 0.246. The first-order valence-corrected chi connectivity index (χ1v) is 9.62. The lowest BCUT2D eigenvalue weighted by atomic mass is 10.1. The number of nitrogens with two attached hydrogens (primary N) is 1. The molecule has 0 saturated heterocycles. The Morgan fingerprint density at radius 3 is 2.52 bits per heavy atom. The van der Waals surface area contributed by atoms with Crippen molar-refractivity contribution in [3.05, 3.63) is 50.6 Å². The summed E-state index contributed by atoms with van der Waals surface area (Å²) in [5.41, 5.74) is 6.52. The first-order valence-electron chi connectivity index (χ1n) is 6.53. The highest BCUT2D eigenvalue weighted by Crippen LogP contribution is 2.32. The van der Waals surface area contributed by atoms with Gasteiger partial charge in [0.25, 0.3) is 0 Å². The molecule has 0 radical (unpaired) electrons. The number of hydrogen-bond acceptors (Lipinski definition) is 4. The number of hydrogen-bond donors (Lipinski definition) is 2. The molecule has 7 heteroatoms. The molecule has 2 rings (SSSR count). The highest BCUT2D eigenvalue weighted by molar-refractivity contribution is 9.11. The second-order valence-electron chi connectivity index (χ2n) is 4.55. The molecule has 1 heterocycles. The van der Waals surface area contributed by atoms with Crippen molar-refractivity contribution in [3.8, 4) is 0 Å². The summed E-state index contributed by atoms with van der Waals surface area (Å²) in [4.78, 5) is 1.08. The van der Waals surface area contributed by atoms with Gasteiger partial charge in [-0.2, -0.15) is 0 Å². The summed E-state index contributed by atoms with van der Waals surface area (Å²) in [5.74, 6) is 0. The average Bonchev–Trinajstić information content (AvgIpc) is 2.88. The van der Waals surface area contributed by atoms with Crippen LogP contribution in [0.5, 0.6) is 0 Å². The fraction of sp³-hybridized carbons (Fsp3) is 0.286. The van der Waals surface area contributed by atoms with E-state index in [0.29, 0.717) is 16.8 Å². The van der Waals surface area contributed by atoms with Crippen molar-refractivity contribution in [1.29, 1.82) is 0 Å². The zero-order valence-electron chi connectivity index (χ0n) is 11.5. The fourth-order valence-corrected chi connectivity index (χ4v) is 5.87. The van der Waals surface area contributed by atoms with Crippen LogP contribution in [0.2, 0.25) is 0 Å². The van der Waals surface area contributed by atoms with Gasteiger partial charge < -0.3 is 5.73 Å². The Hall–Kier alpha value is -0.730. The van der Waals surface area contributed by atoms with Crippen molar-refractivity contribution in [2.24, 2.45) is 5.73 Å². The van der Waals surface area contributed by atoms with Gasteiger partial charge in [-0.1, -0.05) is 37.3 Å². The standard InChI is InChI=1S/C14H17BrN2O2S2/c1-2-12(10-6-4-3-5-7-10)17-21(18,19)13-8-11(9-16)20-14(13)15/h3-8,12,17H,2,9,16H2,1H3. The lowest BCUT2D eigenvalue weighted by molar-refractivity contribution is 0.550. The van der Waals surface area contributed by atoms with Crippen LogP contribution in [-0.2, 0) is 16.6 Å². The number of sulfonamides is 1. The summed E-state index contributed by atoms with van der Waals surface area (Å²) in [6.45, 7) is 2.28. The molecular weight excluding hydrogens is 372 g/mol. The van der Waals surface area contributed by atoms with Gasteiger partial charge >= 0.3 is 0 Å². The summed E-state index contributed by atoms with van der Waals surface area (Å²) >= 11 is 4.65. The fourth-order valence-electron chi connectivity index (χ4n) is 2.00. The molecule has 0 spiro atoms. The molecule has 0 amide bonds. The molecule has 21 heavy (non-hydrogen) atoms. The van der Waals surface area contributed by atoms with Gasteiger partial charge in [0, 0.05) is 17.5 Å². The van der Waals surface area contributed by atoms with E-state index in [4.69, 9.17) is 5.73 Å². The maximum Gasteiger partial charge on any atom is 0.243 e. The van der Waals surface area contributed by atoms with Crippen LogP contribution in [0.4, 0.5) is 0 Å². The predicted molar refractivity (Wildman–Crippen MR) is 89.7 cm³/mol. The van der Waals surface area contributed by atoms with Crippen LogP contribution < -0.4 is 10.5 Å². The van der Waals surface area contributed by atoms with E-state index in [0.717, 1.165) is 10.4 Å². The van der Waals surface area contributed by atoms with Gasteiger partial charge in [0.1, 0.15) is 4.90 Å². The van der Waals surface area contributed by atoms with Crippen molar-refractivity contribution in [2.75, 3.05) is 0 Å². The summed E-state index contributed by atoms with van der Waals surface area (Å²) < 4.78 is 28.4. The largest absolute Gasteiger partial charge is 0.326 e. The Bertz CT molecular complexity index is 699. The van der Waals surface area contributed by atoms with E-state index in [1.807, 2.05) is 37.3 Å². The molecule has 0 aliphatic rings. The Kier molecular flexibility index (Phi) is 5.56. The molecule has 1 unspecified atom stereocenters. The minimum Gasteiger partial charge on any atom is -0.326 e. The van der Waals surface area contributed by atoms with Gasteiger partial charge in [-0.3, -0.25) is 0 Å². The first-order chi connectivity index (χ1) is 9.97. The van der Waals surface area contributed by atoms with E-state index >= 15 is 0 Å². The second kappa shape index (κ2) is 7.02. The Morgan fingerprint density at radius 1 is 1.33 bits per heavy atom. The molecule has 1 atom stereocenters. The Labute approximate surface area is 137 Å². The quantitative estimate of drug-likeness (QED) is 0.796. The molecule has 2 aromatic rings. The van der Waals surface area contributed by atoms with Crippen molar-refractivity contribution >= 4 is 37.3 Å². The summed E-state index contributed by atoms with van der Waals surface area (Å²) in [6.07, 6.45) is 0.675. The zero-order valence-corrected chi connectivity index (χ0v) is 14.8. The Morgan fingerprint density at radius 2 is 2.00 bits per heavy atom. The van der Waals surface area contributed by atoms with Crippen LogP contribution in [-0.4, -0.2) is 8.42 Å². The van der Waals surface area contributed by atoms with Crippen molar-refractivity contribution in [2.45, 2.75) is 30.8 Å². The summed E-state index contributed by atoms with van der Waals surface area (Å²) in [5, 5.41) is 0. The molecule has 4 nitrogen and oxygen atoms in total. The molecule has 0 aliphatic heterocycles. The molecule has 114 valence electrons. The zero-order chi connectivity index (χ0) is 15.5. The molecule has 0 aliphatic carbocycles. The summed E-state index contributed by atoms with van der Waals surface area (Å²) in [7, 11) is -3.58. The monoisotopic (exact) mass is 388 g/mol. The number of halogens is 1. The average molecular weight is 389 g/mol. The first kappa shape index (κ1) is 16.6. The van der Waals surface area contributed by atoms with Gasteiger partial charge in [-0.25, -0.2) is 13.1 Å². The maximum atomic E-state index is 12.5. The lowest BCUT2D eigenvalue weighted by Gasteiger charge is -2.17. The molecule has 1 aromatic heterocycles. The third kappa shape index (κ3) is 3.92. The second-order valence-corrected chi connectivity index (χ2v) is 8.68. The number of rotatable bonds is 6. The highest BCUT2D eigenvalue weighted by atomic mass is 79.9. The SMILES string of the molecule is CCC(NS(=O)(=O)c1cc(CN)sc1Br)c1ccccc1. The van der Waals surface area contributed by atoms with Gasteiger partial charge in [-0.05, 0) is 34.0 Å². The molecule has 3 N–H and O–H groups in total. The molecule has 0 saturated carbocycles. The molecule has 0 fully saturated rings. The van der Waals surface area contributed by atoms with Gasteiger partial charge in [0.05, 0.1) is 3.79 Å². The van der Waals surface area contributed by atoms with Gasteiger partial charge in [-0.15, -0.1) is 11.3 Å². The van der Waals surface area contributed by atoms with Crippen LogP contribution >= 0.6 is 27.3 Å². The van der Waals surface area contributed by atoms with Crippen LogP contribution in [0.1, 0.15) is 29.8 Å². The van der Waals surface area contributed by atoms with E-state index in [2.05, 4.69) is 20.7 Å². The van der Waals surface area contributed by atoms with E-state index in [-0.39, 0.29) is 10.9 Å².